The summed E-state index contributed by atoms with van der Waals surface area (Å²) in [5.41, 5.74) is 2.41. The maximum absolute atomic E-state index is 12.6. The number of urea groups is 1. The Hall–Kier alpha value is -4.14. The standard InChI is InChI=1S/C24H26N4O5/c1-4-15(2)21(23(30)32-3)27-22(29)20-14-19(28-33-20)16-10-12-18(13-11-16)26-24(31)25-17-8-6-5-7-9-17/h5-15,21H,4H2,1-3H3,(H,27,29)(H2,25,26,31). The SMILES string of the molecule is CCC(C)C(NC(=O)c1cc(-c2ccc(NC(=O)Nc3ccccc3)cc2)no1)C(=O)OC. The predicted octanol–water partition coefficient (Wildman–Crippen LogP) is 4.30. The van der Waals surface area contributed by atoms with E-state index in [2.05, 4.69) is 21.1 Å². The Kier molecular flexibility index (Phi) is 7.80. The Morgan fingerprint density at radius 2 is 1.64 bits per heavy atom. The molecule has 2 unspecified atom stereocenters. The molecule has 0 saturated carbocycles. The van der Waals surface area contributed by atoms with Gasteiger partial charge in [0.2, 0.25) is 5.76 Å². The van der Waals surface area contributed by atoms with Gasteiger partial charge in [0.05, 0.1) is 7.11 Å². The maximum atomic E-state index is 12.6. The predicted molar refractivity (Wildman–Crippen MR) is 124 cm³/mol. The molecular formula is C24H26N4O5. The van der Waals surface area contributed by atoms with Crippen LogP contribution in [-0.4, -0.2) is 36.2 Å². The molecule has 0 aliphatic heterocycles. The van der Waals surface area contributed by atoms with Crippen LogP contribution in [0.5, 0.6) is 0 Å². The van der Waals surface area contributed by atoms with Gasteiger partial charge in [0.25, 0.3) is 5.91 Å². The fraction of sp³-hybridized carbons (Fsp3) is 0.250. The summed E-state index contributed by atoms with van der Waals surface area (Å²) in [5.74, 6) is -1.20. The van der Waals surface area contributed by atoms with Crippen molar-refractivity contribution in [1.82, 2.24) is 10.5 Å². The van der Waals surface area contributed by atoms with E-state index in [1.165, 1.54) is 13.2 Å². The van der Waals surface area contributed by atoms with Crippen LogP contribution in [0.2, 0.25) is 0 Å². The molecule has 0 saturated heterocycles. The number of aromatic nitrogens is 1. The number of ether oxygens (including phenoxy) is 1. The topological polar surface area (TPSA) is 123 Å². The highest BCUT2D eigenvalue weighted by Crippen LogP contribution is 2.22. The molecule has 0 aliphatic rings. The number of hydrogen-bond donors (Lipinski definition) is 3. The van der Waals surface area contributed by atoms with E-state index in [9.17, 15) is 14.4 Å². The second kappa shape index (κ2) is 10.9. The summed E-state index contributed by atoms with van der Waals surface area (Å²) < 4.78 is 9.96. The van der Waals surface area contributed by atoms with E-state index in [4.69, 9.17) is 9.26 Å². The molecule has 172 valence electrons. The van der Waals surface area contributed by atoms with E-state index in [0.29, 0.717) is 29.1 Å². The zero-order valence-electron chi connectivity index (χ0n) is 18.6. The van der Waals surface area contributed by atoms with E-state index < -0.39 is 17.9 Å². The summed E-state index contributed by atoms with van der Waals surface area (Å²) in [4.78, 5) is 36.7. The highest BCUT2D eigenvalue weighted by atomic mass is 16.5. The van der Waals surface area contributed by atoms with Crippen molar-refractivity contribution in [2.75, 3.05) is 17.7 Å². The zero-order chi connectivity index (χ0) is 23.8. The molecule has 0 bridgehead atoms. The van der Waals surface area contributed by atoms with Gasteiger partial charge in [0.1, 0.15) is 11.7 Å². The third-order valence-electron chi connectivity index (χ3n) is 5.16. The van der Waals surface area contributed by atoms with Crippen molar-refractivity contribution in [3.8, 4) is 11.3 Å². The quantitative estimate of drug-likeness (QED) is 0.440. The van der Waals surface area contributed by atoms with Crippen LogP contribution in [0.1, 0.15) is 30.8 Å². The number of methoxy groups -OCH3 is 1. The van der Waals surface area contributed by atoms with Crippen molar-refractivity contribution < 1.29 is 23.6 Å². The second-order valence-corrected chi connectivity index (χ2v) is 7.46. The van der Waals surface area contributed by atoms with E-state index >= 15 is 0 Å². The van der Waals surface area contributed by atoms with Crippen molar-refractivity contribution in [2.45, 2.75) is 26.3 Å². The number of anilines is 2. The maximum Gasteiger partial charge on any atom is 0.328 e. The monoisotopic (exact) mass is 450 g/mol. The third-order valence-corrected chi connectivity index (χ3v) is 5.16. The average molecular weight is 450 g/mol. The highest BCUT2D eigenvalue weighted by molar-refractivity contribution is 6.00. The first kappa shape index (κ1) is 23.5. The molecule has 9 nitrogen and oxygen atoms in total. The first-order valence-electron chi connectivity index (χ1n) is 10.5. The highest BCUT2D eigenvalue weighted by Gasteiger charge is 2.28. The van der Waals surface area contributed by atoms with Gasteiger partial charge < -0.3 is 25.2 Å². The normalized spacial score (nSPS) is 12.3. The van der Waals surface area contributed by atoms with Crippen LogP contribution in [0.25, 0.3) is 11.3 Å². The van der Waals surface area contributed by atoms with Crippen LogP contribution in [-0.2, 0) is 9.53 Å². The summed E-state index contributed by atoms with van der Waals surface area (Å²) in [6.07, 6.45) is 0.686. The molecule has 0 fully saturated rings. The van der Waals surface area contributed by atoms with Gasteiger partial charge in [-0.25, -0.2) is 9.59 Å². The molecule has 3 amide bonds. The second-order valence-electron chi connectivity index (χ2n) is 7.46. The van der Waals surface area contributed by atoms with E-state index in [-0.39, 0.29) is 17.7 Å². The number of rotatable bonds is 8. The number of hydrogen-bond acceptors (Lipinski definition) is 6. The third kappa shape index (κ3) is 6.19. The lowest BCUT2D eigenvalue weighted by molar-refractivity contribution is -0.144. The van der Waals surface area contributed by atoms with Crippen LogP contribution in [0, 0.1) is 5.92 Å². The van der Waals surface area contributed by atoms with Gasteiger partial charge in [0.15, 0.2) is 0 Å². The number of carbonyl (C=O) groups is 3. The molecule has 3 N–H and O–H groups in total. The number of esters is 1. The fourth-order valence-corrected chi connectivity index (χ4v) is 3.07. The van der Waals surface area contributed by atoms with Crippen molar-refractivity contribution in [3.63, 3.8) is 0 Å². The summed E-state index contributed by atoms with van der Waals surface area (Å²) >= 11 is 0. The van der Waals surface area contributed by atoms with E-state index in [0.717, 1.165) is 0 Å². The Balaban J connectivity index is 1.63. The Bertz CT molecular complexity index is 1100. The van der Waals surface area contributed by atoms with Crippen LogP contribution in [0.3, 0.4) is 0 Å². The molecule has 3 aromatic rings. The summed E-state index contributed by atoms with van der Waals surface area (Å²) in [7, 11) is 1.28. The molecule has 3 rings (SSSR count). The summed E-state index contributed by atoms with van der Waals surface area (Å²) in [5, 5.41) is 12.1. The number of amides is 3. The van der Waals surface area contributed by atoms with Crippen LogP contribution < -0.4 is 16.0 Å². The molecule has 9 heteroatoms. The van der Waals surface area contributed by atoms with Crippen molar-refractivity contribution in [1.29, 1.82) is 0 Å². The number of carbonyl (C=O) groups excluding carboxylic acids is 3. The van der Waals surface area contributed by atoms with Gasteiger partial charge in [0, 0.05) is 23.0 Å². The smallest absolute Gasteiger partial charge is 0.328 e. The minimum atomic E-state index is -0.784. The van der Waals surface area contributed by atoms with Crippen molar-refractivity contribution in [2.24, 2.45) is 5.92 Å². The van der Waals surface area contributed by atoms with Gasteiger partial charge in [-0.1, -0.05) is 55.8 Å². The first-order valence-corrected chi connectivity index (χ1v) is 10.5. The van der Waals surface area contributed by atoms with E-state index in [1.54, 1.807) is 36.4 Å². The fourth-order valence-electron chi connectivity index (χ4n) is 3.07. The largest absolute Gasteiger partial charge is 0.467 e. The summed E-state index contributed by atoms with van der Waals surface area (Å²) in [6, 6.07) is 16.4. The molecule has 0 aliphatic carbocycles. The molecule has 2 aromatic carbocycles. The molecule has 1 heterocycles. The van der Waals surface area contributed by atoms with Gasteiger partial charge in [-0.15, -0.1) is 0 Å². The lowest BCUT2D eigenvalue weighted by Gasteiger charge is -2.20. The Labute approximate surface area is 191 Å². The minimum Gasteiger partial charge on any atom is -0.467 e. The molecular weight excluding hydrogens is 424 g/mol. The van der Waals surface area contributed by atoms with Gasteiger partial charge in [-0.05, 0) is 30.2 Å². The van der Waals surface area contributed by atoms with Crippen molar-refractivity contribution in [3.05, 3.63) is 66.4 Å². The Morgan fingerprint density at radius 3 is 2.24 bits per heavy atom. The molecule has 1 aromatic heterocycles. The molecule has 2 atom stereocenters. The van der Waals surface area contributed by atoms with Gasteiger partial charge in [-0.3, -0.25) is 4.79 Å². The first-order chi connectivity index (χ1) is 15.9. The lowest BCUT2D eigenvalue weighted by atomic mass is 9.99. The summed E-state index contributed by atoms with van der Waals surface area (Å²) in [6.45, 7) is 3.77. The Morgan fingerprint density at radius 1 is 1.00 bits per heavy atom. The van der Waals surface area contributed by atoms with Crippen LogP contribution in [0.4, 0.5) is 16.2 Å². The molecule has 0 radical (unpaired) electrons. The molecule has 0 spiro atoms. The number of nitrogens with one attached hydrogen (secondary N) is 3. The number of nitrogens with zero attached hydrogens (tertiary/aromatic N) is 1. The van der Waals surface area contributed by atoms with E-state index in [1.807, 2.05) is 32.0 Å². The minimum absolute atomic E-state index is 0.0216. The van der Waals surface area contributed by atoms with Crippen LogP contribution >= 0.6 is 0 Å². The molecule has 33 heavy (non-hydrogen) atoms. The number of para-hydroxylation sites is 1. The zero-order valence-corrected chi connectivity index (χ0v) is 18.6. The number of benzene rings is 2. The van der Waals surface area contributed by atoms with Crippen molar-refractivity contribution >= 4 is 29.3 Å². The lowest BCUT2D eigenvalue weighted by Crippen LogP contribution is -2.45. The average Bonchev–Trinajstić information content (AvgIpc) is 3.33. The van der Waals surface area contributed by atoms with Gasteiger partial charge >= 0.3 is 12.0 Å². The van der Waals surface area contributed by atoms with Crippen LogP contribution in [0.15, 0.2) is 65.2 Å². The van der Waals surface area contributed by atoms with Gasteiger partial charge in [-0.2, -0.15) is 0 Å².